The maximum absolute atomic E-state index is 12.1. The highest BCUT2D eigenvalue weighted by atomic mass is 32.1. The number of hydrogen-bond donors (Lipinski definition) is 16. The number of carbonyl (C=O) groups excluding carboxylic acids is 6. The first-order valence-electron chi connectivity index (χ1n) is 39.1. The number of para-hydroxylation sites is 6. The number of aromatic amines is 4. The highest BCUT2D eigenvalue weighted by Gasteiger charge is 2.18. The maximum Gasteiger partial charge on any atom is 0.276 e. The monoisotopic (exact) mass is 1720 g/mol. The van der Waals surface area contributed by atoms with Gasteiger partial charge in [0, 0.05) is 143 Å². The fourth-order valence-electron chi connectivity index (χ4n) is 12.4. The minimum absolute atomic E-state index is 0.0569. The van der Waals surface area contributed by atoms with Crippen molar-refractivity contribution < 1.29 is 59.4 Å². The van der Waals surface area contributed by atoms with Crippen molar-refractivity contribution >= 4 is 117 Å². The largest absolute Gasteiger partial charge is 0.506 e. The molecular weight excluding hydrogens is 1640 g/mol. The summed E-state index contributed by atoms with van der Waals surface area (Å²) in [5.41, 5.74) is 7.11. The smallest absolute Gasteiger partial charge is 0.276 e. The van der Waals surface area contributed by atoms with Crippen molar-refractivity contribution in [2.75, 3.05) is 25.0 Å². The Balaban J connectivity index is 0.000000130. The van der Waals surface area contributed by atoms with E-state index in [0.29, 0.717) is 89.1 Å². The van der Waals surface area contributed by atoms with Crippen LogP contribution in [0.25, 0.3) is 65.4 Å². The fraction of sp³-hybridized carbons (Fsp3) is 0.0870. The van der Waals surface area contributed by atoms with Gasteiger partial charge in [-0.1, -0.05) is 103 Å². The summed E-state index contributed by atoms with van der Waals surface area (Å²) < 4.78 is 0. The molecule has 127 heavy (non-hydrogen) atoms. The Morgan fingerprint density at radius 1 is 0.339 bits per heavy atom. The van der Waals surface area contributed by atoms with Crippen molar-refractivity contribution in [1.82, 2.24) is 96.4 Å². The third kappa shape index (κ3) is 23.8. The predicted molar refractivity (Wildman–Crippen MR) is 477 cm³/mol. The van der Waals surface area contributed by atoms with Crippen LogP contribution >= 0.6 is 11.3 Å². The number of hydrogen-bond acceptors (Lipinski definition) is 25. The van der Waals surface area contributed by atoms with Crippen LogP contribution in [-0.4, -0.2) is 155 Å². The summed E-state index contributed by atoms with van der Waals surface area (Å²) in [6.45, 7) is 1.96. The second kappa shape index (κ2) is 42.6. The molecule has 0 radical (unpaired) electrons. The first kappa shape index (κ1) is 87.3. The van der Waals surface area contributed by atoms with E-state index in [1.165, 1.54) is 41.7 Å². The Kier molecular flexibility index (Phi) is 29.3. The Bertz CT molecular complexity index is 7020. The minimum Gasteiger partial charge on any atom is -0.506 e. The number of aromatic nitrogens is 14. The zero-order chi connectivity index (χ0) is 89.0. The fourth-order valence-corrected chi connectivity index (χ4v) is 12.9. The molecule has 0 aliphatic carbocycles. The Labute approximate surface area is 723 Å². The second-order valence-corrected chi connectivity index (χ2v) is 28.4. The molecule has 12 heterocycles. The van der Waals surface area contributed by atoms with Crippen LogP contribution in [0.3, 0.4) is 0 Å². The molecule has 0 aliphatic heterocycles. The molecule has 0 atom stereocenters. The van der Waals surface area contributed by atoms with Gasteiger partial charge in [0.2, 0.25) is 0 Å². The number of nitrogens with zero attached hydrogens (tertiary/aromatic N) is 10. The molecule has 0 saturated carbocycles. The van der Waals surface area contributed by atoms with Crippen molar-refractivity contribution in [3.63, 3.8) is 0 Å². The van der Waals surface area contributed by atoms with Gasteiger partial charge in [-0.05, 0) is 109 Å². The lowest BCUT2D eigenvalue weighted by Gasteiger charge is -2.07. The highest BCUT2D eigenvalue weighted by molar-refractivity contribution is 7.13. The summed E-state index contributed by atoms with van der Waals surface area (Å²) in [7, 11) is 0. The van der Waals surface area contributed by atoms with E-state index in [-0.39, 0.29) is 121 Å². The van der Waals surface area contributed by atoms with E-state index in [1.54, 1.807) is 183 Å². The lowest BCUT2D eigenvalue weighted by Crippen LogP contribution is -2.27. The Morgan fingerprint density at radius 3 is 1.07 bits per heavy atom. The quantitative estimate of drug-likeness (QED) is 0.0337. The minimum atomic E-state index is -0.437. The average Bonchev–Trinajstić information content (AvgIpc) is 1.54. The number of aromatic hydroxyl groups is 6. The maximum atomic E-state index is 12.1. The van der Waals surface area contributed by atoms with Crippen LogP contribution in [0.15, 0.2) is 289 Å². The number of pyridine rings is 9. The van der Waals surface area contributed by atoms with Crippen LogP contribution in [0.2, 0.25) is 0 Å². The number of amides is 6. The van der Waals surface area contributed by atoms with Gasteiger partial charge in [-0.2, -0.15) is 0 Å². The SMILES string of the molecule is O=C(NCCc1ccccn1)c1ccc2cccc(O)c2n1.O=C(NCCc1cnc[nH]1)c1cc(=O)c2cccc(O)c2[nH]1.O=C(NCCc1cnc[nH]1)c1ccc2cccc(O)c2n1.O=C(NCc1ccccn1)c1cc(=O)c2cccc(O)c2[nH]1.O=C(NCc1ccccn1)c1ccc2cccc(O)c2n1.O=C(Nc1nccs1)c1ccc2cccc(O)c2n1. The Morgan fingerprint density at radius 2 is 0.693 bits per heavy atom. The van der Waals surface area contributed by atoms with E-state index < -0.39 is 11.8 Å². The standard InChI is InChI=1S/C17H15N3O2.C16H13N3O3.C16H13N3O2.C15H14N4O3.C15H14N4O2.C13H9N3O2S/c21-15-6-3-4-12-7-8-14(20-16(12)15)17(22)19-11-9-13-5-1-2-10-18-13;20-13-6-3-5-11-14(21)8-12(19-15(11)13)16(22)18-9-10-4-1-2-7-17-10;20-14-6-3-4-11-7-8-13(19-15(11)14)16(21)18-10-12-5-1-2-9-17-12;20-12-3-1-2-10-13(21)6-11(19-14(10)12)15(22)17-5-4-9-7-16-8-18-9;20-13-3-1-2-10-4-5-12(19-14(10)13)15(21)17-7-6-11-8-16-9-18-11;17-10-3-1-2-8-4-5-9(15-11(8)10)12(18)16-13-14-6-7-19-13/h1-8,10,21H,9,11H2,(H,19,22);1-8,20H,9H2,(H,18,22)(H,19,21);1-9,20H,10H2,(H,18,21);1-3,6-8,20H,4-5H2,(H,16,18)(H,17,22)(H,19,21);1-5,8-9,20H,6-7H2,(H,16,18)(H,17,21);1-7,17H,(H,14,16,18). The van der Waals surface area contributed by atoms with Gasteiger partial charge in [0.1, 0.15) is 90.7 Å². The van der Waals surface area contributed by atoms with Crippen LogP contribution in [0.4, 0.5) is 5.13 Å². The number of phenols is 6. The molecule has 35 heteroatoms. The number of phenolic OH excluding ortho intramolecular Hbond substituents is 6. The molecule has 18 aromatic rings. The topological polar surface area (TPSA) is 522 Å². The Hall–Kier alpha value is -17.5. The van der Waals surface area contributed by atoms with Gasteiger partial charge < -0.3 is 77.2 Å². The number of benzene rings is 6. The molecule has 12 aromatic heterocycles. The second-order valence-electron chi connectivity index (χ2n) is 27.5. The van der Waals surface area contributed by atoms with Gasteiger partial charge in [-0.25, -0.2) is 34.9 Å². The van der Waals surface area contributed by atoms with Crippen LogP contribution in [0.1, 0.15) is 91.4 Å². The number of rotatable bonds is 20. The van der Waals surface area contributed by atoms with Crippen LogP contribution in [-0.2, 0) is 32.4 Å². The lowest BCUT2D eigenvalue weighted by molar-refractivity contribution is 0.0938. The summed E-state index contributed by atoms with van der Waals surface area (Å²) in [6.07, 6.45) is 15.2. The summed E-state index contributed by atoms with van der Waals surface area (Å²) in [6, 6.07) is 62.4. The normalized spacial score (nSPS) is 10.6. The highest BCUT2D eigenvalue weighted by Crippen LogP contribution is 2.28. The molecule has 34 nitrogen and oxygen atoms in total. The molecule has 18 rings (SSSR count). The third-order valence-corrected chi connectivity index (χ3v) is 19.4. The van der Waals surface area contributed by atoms with E-state index in [2.05, 4.69) is 102 Å². The molecule has 0 saturated heterocycles. The van der Waals surface area contributed by atoms with Crippen LogP contribution in [0.5, 0.6) is 34.5 Å². The van der Waals surface area contributed by atoms with Gasteiger partial charge in [0.05, 0.1) is 48.2 Å². The molecule has 0 unspecified atom stereocenters. The molecule has 0 spiro atoms. The summed E-state index contributed by atoms with van der Waals surface area (Å²) in [4.78, 5) is 149. The molecule has 16 N–H and O–H groups in total. The van der Waals surface area contributed by atoms with Gasteiger partial charge in [0.25, 0.3) is 35.4 Å². The van der Waals surface area contributed by atoms with Gasteiger partial charge in [-0.3, -0.25) is 58.6 Å². The first-order chi connectivity index (χ1) is 61.7. The number of H-pyrrole nitrogens is 4. The van der Waals surface area contributed by atoms with Gasteiger partial charge in [-0.15, -0.1) is 11.3 Å². The number of anilines is 1. The molecule has 636 valence electrons. The number of fused-ring (bicyclic) bond motifs is 6. The predicted octanol–water partition coefficient (Wildman–Crippen LogP) is 11.3. The number of thiazole rings is 1. The first-order valence-corrected chi connectivity index (χ1v) is 39.9. The molecule has 6 aromatic carbocycles. The van der Waals surface area contributed by atoms with Crippen molar-refractivity contribution in [2.24, 2.45) is 0 Å². The summed E-state index contributed by atoms with van der Waals surface area (Å²) >= 11 is 1.33. The van der Waals surface area contributed by atoms with E-state index >= 15 is 0 Å². The van der Waals surface area contributed by atoms with Crippen molar-refractivity contribution in [2.45, 2.75) is 32.4 Å². The van der Waals surface area contributed by atoms with E-state index in [9.17, 15) is 69.0 Å². The third-order valence-electron chi connectivity index (χ3n) is 18.7. The summed E-state index contributed by atoms with van der Waals surface area (Å²) in [5, 5.41) is 81.2. The van der Waals surface area contributed by atoms with Gasteiger partial charge >= 0.3 is 0 Å². The zero-order valence-corrected chi connectivity index (χ0v) is 67.9. The van der Waals surface area contributed by atoms with E-state index in [1.807, 2.05) is 66.7 Å². The number of nitrogens with one attached hydrogen (secondary N) is 10. The molecule has 0 bridgehead atoms. The zero-order valence-electron chi connectivity index (χ0n) is 67.0. The van der Waals surface area contributed by atoms with Crippen molar-refractivity contribution in [1.29, 1.82) is 0 Å². The summed E-state index contributed by atoms with van der Waals surface area (Å²) in [5.74, 6) is -1.90. The number of carbonyl (C=O) groups is 6. The van der Waals surface area contributed by atoms with Crippen LogP contribution in [0, 0.1) is 0 Å². The van der Waals surface area contributed by atoms with E-state index in [0.717, 1.165) is 44.3 Å². The van der Waals surface area contributed by atoms with E-state index in [4.69, 9.17) is 0 Å². The molecule has 6 amide bonds. The number of imidazole rings is 2. The average molecular weight is 1720 g/mol. The lowest BCUT2D eigenvalue weighted by atomic mass is 10.1. The molecule has 0 aliphatic rings. The van der Waals surface area contributed by atoms with Gasteiger partial charge in [0.15, 0.2) is 16.0 Å². The van der Waals surface area contributed by atoms with Crippen molar-refractivity contribution in [3.8, 4) is 34.5 Å². The molecule has 0 fully saturated rings. The van der Waals surface area contributed by atoms with Crippen LogP contribution < -0.4 is 42.8 Å². The molecular formula is C92H78N20O14S. The van der Waals surface area contributed by atoms with Crippen molar-refractivity contribution in [3.05, 3.63) is 363 Å².